The molecule has 1 amide bonds. The molecule has 0 spiro atoms. The maximum atomic E-state index is 12.5. The fourth-order valence-electron chi connectivity index (χ4n) is 3.15. The largest absolute Gasteiger partial charge is 0.480 e. The Kier molecular flexibility index (Phi) is 7.26. The number of carbonyl (C=O) groups excluding carboxylic acids is 1. The second kappa shape index (κ2) is 9.30. The van der Waals surface area contributed by atoms with Crippen LogP contribution in [0, 0.1) is 0 Å². The van der Waals surface area contributed by atoms with E-state index < -0.39 is 35.4 Å². The molecular weight excluding hydrogens is 382 g/mol. The van der Waals surface area contributed by atoms with Crippen LogP contribution in [0.25, 0.3) is 11.1 Å². The van der Waals surface area contributed by atoms with Crippen molar-refractivity contribution in [2.45, 2.75) is 64.9 Å². The molecule has 0 saturated carbocycles. The molecule has 2 N–H and O–H groups in total. The Morgan fingerprint density at radius 2 is 1.43 bits per heavy atom. The van der Waals surface area contributed by atoms with Crippen molar-refractivity contribution in [3.8, 4) is 11.1 Å². The minimum absolute atomic E-state index is 0.543. The van der Waals surface area contributed by atoms with Gasteiger partial charge in [0.15, 0.2) is 6.04 Å². The van der Waals surface area contributed by atoms with E-state index in [4.69, 9.17) is 9.47 Å². The van der Waals surface area contributed by atoms with Crippen LogP contribution in [0.1, 0.15) is 47.1 Å². The molecule has 0 fully saturated rings. The van der Waals surface area contributed by atoms with Crippen LogP contribution in [-0.2, 0) is 19.9 Å². The predicted molar refractivity (Wildman–Crippen MR) is 116 cm³/mol. The number of carboxylic acid groups (broad SMARTS) is 1. The zero-order chi connectivity index (χ0) is 22.5. The van der Waals surface area contributed by atoms with Gasteiger partial charge in [-0.2, -0.15) is 0 Å². The first kappa shape index (κ1) is 23.4. The van der Waals surface area contributed by atoms with Gasteiger partial charge in [0.1, 0.15) is 5.60 Å². The Morgan fingerprint density at radius 1 is 0.900 bits per heavy atom. The third kappa shape index (κ3) is 6.59. The first-order valence-electron chi connectivity index (χ1n) is 9.95. The van der Waals surface area contributed by atoms with Gasteiger partial charge in [0.05, 0.1) is 11.7 Å². The number of rotatable bonds is 7. The molecule has 0 bridgehead atoms. The van der Waals surface area contributed by atoms with Crippen LogP contribution in [0.5, 0.6) is 0 Å². The lowest BCUT2D eigenvalue weighted by molar-refractivity contribution is -0.147. The molecule has 2 aromatic carbocycles. The number of benzene rings is 2. The maximum absolute atomic E-state index is 12.5. The lowest BCUT2D eigenvalue weighted by Gasteiger charge is -2.31. The van der Waals surface area contributed by atoms with Gasteiger partial charge < -0.3 is 19.9 Å². The van der Waals surface area contributed by atoms with Crippen LogP contribution in [-0.4, -0.2) is 34.9 Å². The van der Waals surface area contributed by atoms with E-state index in [9.17, 15) is 14.7 Å². The number of hydrogen-bond donors (Lipinski definition) is 2. The van der Waals surface area contributed by atoms with E-state index in [1.165, 1.54) is 0 Å². The van der Waals surface area contributed by atoms with Crippen LogP contribution < -0.4 is 5.32 Å². The summed E-state index contributed by atoms with van der Waals surface area (Å²) in [5, 5.41) is 11.9. The molecule has 162 valence electrons. The van der Waals surface area contributed by atoms with E-state index >= 15 is 0 Å². The molecule has 6 nitrogen and oxygen atoms in total. The van der Waals surface area contributed by atoms with Crippen molar-refractivity contribution in [1.82, 2.24) is 5.32 Å². The van der Waals surface area contributed by atoms with Crippen LogP contribution in [0.3, 0.4) is 0 Å². The highest BCUT2D eigenvalue weighted by atomic mass is 16.6. The summed E-state index contributed by atoms with van der Waals surface area (Å²) < 4.78 is 11.2. The Hall–Kier alpha value is -2.86. The lowest BCUT2D eigenvalue weighted by atomic mass is 9.95. The van der Waals surface area contributed by atoms with Gasteiger partial charge in [0.2, 0.25) is 0 Å². The highest BCUT2D eigenvalue weighted by Gasteiger charge is 2.33. The summed E-state index contributed by atoms with van der Waals surface area (Å²) in [6.07, 6.45) is -1.55. The molecule has 0 aliphatic carbocycles. The third-order valence-corrected chi connectivity index (χ3v) is 4.58. The van der Waals surface area contributed by atoms with Crippen molar-refractivity contribution in [2.24, 2.45) is 0 Å². The summed E-state index contributed by atoms with van der Waals surface area (Å²) in [6, 6.07) is 16.5. The molecule has 0 aromatic heterocycles. The summed E-state index contributed by atoms with van der Waals surface area (Å²) in [5.74, 6) is -1.19. The lowest BCUT2D eigenvalue weighted by Crippen LogP contribution is -2.51. The zero-order valence-corrected chi connectivity index (χ0v) is 18.4. The van der Waals surface area contributed by atoms with Crippen molar-refractivity contribution in [3.63, 3.8) is 0 Å². The highest BCUT2D eigenvalue weighted by molar-refractivity contribution is 5.80. The zero-order valence-electron chi connectivity index (χ0n) is 18.4. The number of carboxylic acids is 1. The smallest absolute Gasteiger partial charge is 0.408 e. The first-order chi connectivity index (χ1) is 13.9. The van der Waals surface area contributed by atoms with Gasteiger partial charge in [0.25, 0.3) is 0 Å². The number of amides is 1. The molecule has 0 heterocycles. The average molecular weight is 414 g/mol. The van der Waals surface area contributed by atoms with Crippen molar-refractivity contribution in [2.75, 3.05) is 0 Å². The standard InChI is InChI=1S/C24H31NO5/c1-16(29-23(2,3)4)20(21(26)27)25-22(28)30-24(5,6)19-14-12-18(13-15-19)17-10-8-7-9-11-17/h7-16,20H,1-6H3,(H,25,28)(H,26,27)/t16-,20-/m1/s1. The quantitative estimate of drug-likeness (QED) is 0.669. The van der Waals surface area contributed by atoms with Gasteiger partial charge >= 0.3 is 12.1 Å². The predicted octanol–water partition coefficient (Wildman–Crippen LogP) is 4.97. The third-order valence-electron chi connectivity index (χ3n) is 4.58. The van der Waals surface area contributed by atoms with Gasteiger partial charge in [-0.25, -0.2) is 9.59 Å². The fourth-order valence-corrected chi connectivity index (χ4v) is 3.15. The van der Waals surface area contributed by atoms with Crippen molar-refractivity contribution in [3.05, 3.63) is 60.2 Å². The van der Waals surface area contributed by atoms with Gasteiger partial charge in [-0.3, -0.25) is 0 Å². The minimum Gasteiger partial charge on any atom is -0.480 e. The van der Waals surface area contributed by atoms with Crippen LogP contribution >= 0.6 is 0 Å². The number of alkyl carbamates (subject to hydrolysis) is 1. The average Bonchev–Trinajstić information content (AvgIpc) is 2.65. The number of hydrogen-bond acceptors (Lipinski definition) is 4. The van der Waals surface area contributed by atoms with Crippen LogP contribution in [0.4, 0.5) is 4.79 Å². The summed E-state index contributed by atoms with van der Waals surface area (Å²) in [7, 11) is 0. The number of nitrogens with one attached hydrogen (secondary N) is 1. The molecule has 0 unspecified atom stereocenters. The van der Waals surface area contributed by atoms with Gasteiger partial charge in [-0.15, -0.1) is 0 Å². The maximum Gasteiger partial charge on any atom is 0.408 e. The molecule has 2 atom stereocenters. The van der Waals surface area contributed by atoms with E-state index in [0.717, 1.165) is 16.7 Å². The Morgan fingerprint density at radius 3 is 1.93 bits per heavy atom. The summed E-state index contributed by atoms with van der Waals surface area (Å²) >= 11 is 0. The normalized spacial score (nSPS) is 13.9. The van der Waals surface area contributed by atoms with E-state index in [0.29, 0.717) is 0 Å². The van der Waals surface area contributed by atoms with E-state index in [-0.39, 0.29) is 0 Å². The van der Waals surface area contributed by atoms with Gasteiger partial charge in [-0.1, -0.05) is 54.6 Å². The molecule has 0 aliphatic heterocycles. The molecule has 0 saturated heterocycles. The second-order valence-electron chi connectivity index (χ2n) is 8.74. The Balaban J connectivity index is 2.07. The highest BCUT2D eigenvalue weighted by Crippen LogP contribution is 2.28. The topological polar surface area (TPSA) is 84.9 Å². The molecule has 6 heteroatoms. The summed E-state index contributed by atoms with van der Waals surface area (Å²) in [6.45, 7) is 10.6. The van der Waals surface area contributed by atoms with Crippen LogP contribution in [0.15, 0.2) is 54.6 Å². The SMILES string of the molecule is C[C@@H](OC(C)(C)C)[C@@H](NC(=O)OC(C)(C)c1ccc(-c2ccccc2)cc1)C(=O)O. The van der Waals surface area contributed by atoms with Crippen molar-refractivity contribution in [1.29, 1.82) is 0 Å². The summed E-state index contributed by atoms with van der Waals surface area (Å²) in [5.41, 5.74) is 1.45. The Labute approximate surface area is 178 Å². The molecule has 0 radical (unpaired) electrons. The fraction of sp³-hybridized carbons (Fsp3) is 0.417. The Bertz CT molecular complexity index is 853. The second-order valence-corrected chi connectivity index (χ2v) is 8.74. The molecule has 2 aromatic rings. The molecule has 2 rings (SSSR count). The summed E-state index contributed by atoms with van der Waals surface area (Å²) in [4.78, 5) is 24.1. The molecule has 0 aliphatic rings. The number of ether oxygens (including phenoxy) is 2. The first-order valence-corrected chi connectivity index (χ1v) is 9.95. The van der Waals surface area contributed by atoms with E-state index in [1.807, 2.05) is 75.4 Å². The van der Waals surface area contributed by atoms with Crippen molar-refractivity contribution < 1.29 is 24.2 Å². The molecule has 30 heavy (non-hydrogen) atoms. The number of aliphatic carboxylic acids is 1. The minimum atomic E-state index is -1.23. The van der Waals surface area contributed by atoms with E-state index in [2.05, 4.69) is 5.32 Å². The van der Waals surface area contributed by atoms with Crippen LogP contribution in [0.2, 0.25) is 0 Å². The number of carbonyl (C=O) groups is 2. The van der Waals surface area contributed by atoms with E-state index in [1.54, 1.807) is 20.8 Å². The molecular formula is C24H31NO5. The monoisotopic (exact) mass is 413 g/mol. The van der Waals surface area contributed by atoms with Gasteiger partial charge in [0, 0.05) is 0 Å². The van der Waals surface area contributed by atoms with Crippen molar-refractivity contribution >= 4 is 12.1 Å². The van der Waals surface area contributed by atoms with Gasteiger partial charge in [-0.05, 0) is 58.2 Å².